The van der Waals surface area contributed by atoms with Crippen molar-refractivity contribution in [1.82, 2.24) is 10.2 Å². The standard InChI is InChI=1S/C12H18ClN3O/c13-9-10-14-15-11(17-10)16-7-5-12(6-8-16)3-1-2-4-12/h1-9H2. The van der Waals surface area contributed by atoms with Gasteiger partial charge in [0.2, 0.25) is 5.89 Å². The van der Waals surface area contributed by atoms with E-state index in [1.165, 1.54) is 38.5 Å². The van der Waals surface area contributed by atoms with Crippen LogP contribution < -0.4 is 4.90 Å². The van der Waals surface area contributed by atoms with Crippen LogP contribution in [0.1, 0.15) is 44.4 Å². The minimum atomic E-state index is 0.296. The molecule has 0 N–H and O–H groups in total. The maximum absolute atomic E-state index is 5.66. The van der Waals surface area contributed by atoms with E-state index in [1.807, 2.05) is 0 Å². The molecule has 0 aromatic carbocycles. The number of nitrogens with zero attached hydrogens (tertiary/aromatic N) is 3. The van der Waals surface area contributed by atoms with Crippen LogP contribution in [0.2, 0.25) is 0 Å². The van der Waals surface area contributed by atoms with Gasteiger partial charge >= 0.3 is 6.01 Å². The summed E-state index contributed by atoms with van der Waals surface area (Å²) in [5.41, 5.74) is 0.631. The van der Waals surface area contributed by atoms with Crippen molar-refractivity contribution < 1.29 is 4.42 Å². The van der Waals surface area contributed by atoms with Crippen LogP contribution in [-0.4, -0.2) is 23.3 Å². The monoisotopic (exact) mass is 255 g/mol. The Hall–Kier alpha value is -0.770. The summed E-state index contributed by atoms with van der Waals surface area (Å²) in [5.74, 6) is 0.813. The molecule has 0 bridgehead atoms. The van der Waals surface area contributed by atoms with Gasteiger partial charge in [-0.05, 0) is 31.1 Å². The Balaban J connectivity index is 1.64. The van der Waals surface area contributed by atoms with Gasteiger partial charge in [0.05, 0.1) is 0 Å². The van der Waals surface area contributed by atoms with Crippen LogP contribution in [-0.2, 0) is 5.88 Å². The van der Waals surface area contributed by atoms with Crippen molar-refractivity contribution in [2.24, 2.45) is 5.41 Å². The van der Waals surface area contributed by atoms with Gasteiger partial charge in [0.15, 0.2) is 0 Å². The molecule has 17 heavy (non-hydrogen) atoms. The maximum atomic E-state index is 5.66. The van der Waals surface area contributed by atoms with Gasteiger partial charge in [-0.1, -0.05) is 17.9 Å². The van der Waals surface area contributed by atoms with E-state index in [4.69, 9.17) is 16.0 Å². The zero-order valence-electron chi connectivity index (χ0n) is 9.99. The van der Waals surface area contributed by atoms with Crippen LogP contribution >= 0.6 is 11.6 Å². The Bertz CT molecular complexity index is 377. The highest BCUT2D eigenvalue weighted by Gasteiger charge is 2.37. The number of piperidine rings is 1. The summed E-state index contributed by atoms with van der Waals surface area (Å²) in [6.45, 7) is 2.09. The van der Waals surface area contributed by atoms with Gasteiger partial charge in [-0.3, -0.25) is 0 Å². The highest BCUT2D eigenvalue weighted by molar-refractivity contribution is 6.16. The van der Waals surface area contributed by atoms with Gasteiger partial charge in [0, 0.05) is 13.1 Å². The molecule has 1 aliphatic heterocycles. The van der Waals surface area contributed by atoms with E-state index in [1.54, 1.807) is 0 Å². The Kier molecular flexibility index (Phi) is 2.99. The Morgan fingerprint density at radius 3 is 2.41 bits per heavy atom. The van der Waals surface area contributed by atoms with Gasteiger partial charge in [-0.25, -0.2) is 0 Å². The lowest BCUT2D eigenvalue weighted by atomic mass is 9.77. The SMILES string of the molecule is ClCc1nnc(N2CCC3(CCCC3)CC2)o1. The molecule has 1 saturated heterocycles. The van der Waals surface area contributed by atoms with Crippen LogP contribution in [0.15, 0.2) is 4.42 Å². The van der Waals surface area contributed by atoms with Crippen molar-refractivity contribution in [2.45, 2.75) is 44.4 Å². The second-order valence-electron chi connectivity index (χ2n) is 5.31. The predicted molar refractivity (Wildman–Crippen MR) is 66.2 cm³/mol. The maximum Gasteiger partial charge on any atom is 0.318 e. The first-order valence-electron chi connectivity index (χ1n) is 6.45. The highest BCUT2D eigenvalue weighted by Crippen LogP contribution is 2.46. The molecule has 0 atom stereocenters. The van der Waals surface area contributed by atoms with E-state index in [2.05, 4.69) is 15.1 Å². The summed E-state index contributed by atoms with van der Waals surface area (Å²) in [6.07, 6.45) is 8.19. The lowest BCUT2D eigenvalue weighted by Gasteiger charge is -2.38. The molecule has 1 aromatic heterocycles. The molecular formula is C12H18ClN3O. The van der Waals surface area contributed by atoms with E-state index >= 15 is 0 Å². The number of aromatic nitrogens is 2. The molecule has 2 fully saturated rings. The molecule has 1 aromatic rings. The van der Waals surface area contributed by atoms with Crippen LogP contribution in [0.25, 0.3) is 0 Å². The lowest BCUT2D eigenvalue weighted by molar-refractivity contribution is 0.222. The molecule has 1 saturated carbocycles. The Morgan fingerprint density at radius 1 is 1.12 bits per heavy atom. The van der Waals surface area contributed by atoms with Crippen molar-refractivity contribution >= 4 is 17.6 Å². The van der Waals surface area contributed by atoms with Crippen LogP contribution in [0, 0.1) is 5.41 Å². The van der Waals surface area contributed by atoms with Gasteiger partial charge in [0.1, 0.15) is 5.88 Å². The number of rotatable bonds is 2. The van der Waals surface area contributed by atoms with E-state index in [9.17, 15) is 0 Å². The minimum absolute atomic E-state index is 0.296. The number of hydrogen-bond acceptors (Lipinski definition) is 4. The smallest absolute Gasteiger partial charge is 0.318 e. The van der Waals surface area contributed by atoms with Crippen LogP contribution in [0.3, 0.4) is 0 Å². The lowest BCUT2D eigenvalue weighted by Crippen LogP contribution is -2.39. The van der Waals surface area contributed by atoms with Gasteiger partial charge in [-0.2, -0.15) is 0 Å². The second kappa shape index (κ2) is 4.48. The summed E-state index contributed by atoms with van der Waals surface area (Å²) in [7, 11) is 0. The summed E-state index contributed by atoms with van der Waals surface area (Å²) >= 11 is 5.66. The summed E-state index contributed by atoms with van der Waals surface area (Å²) in [6, 6.07) is 0.647. The van der Waals surface area contributed by atoms with Crippen LogP contribution in [0.5, 0.6) is 0 Å². The largest absolute Gasteiger partial charge is 0.407 e. The van der Waals surface area contributed by atoms with Crippen molar-refractivity contribution in [3.63, 3.8) is 0 Å². The predicted octanol–water partition coefficient (Wildman–Crippen LogP) is 2.97. The highest BCUT2D eigenvalue weighted by atomic mass is 35.5. The first-order valence-corrected chi connectivity index (χ1v) is 6.98. The third kappa shape index (κ3) is 2.15. The van der Waals surface area contributed by atoms with Gasteiger partial charge < -0.3 is 9.32 Å². The number of alkyl halides is 1. The molecule has 4 nitrogen and oxygen atoms in total. The first kappa shape index (κ1) is 11.3. The average Bonchev–Trinajstić information content (AvgIpc) is 3.00. The number of anilines is 1. The minimum Gasteiger partial charge on any atom is -0.407 e. The summed E-state index contributed by atoms with van der Waals surface area (Å²) < 4.78 is 5.50. The number of halogens is 1. The fourth-order valence-electron chi connectivity index (χ4n) is 3.22. The molecule has 0 radical (unpaired) electrons. The van der Waals surface area contributed by atoms with Crippen molar-refractivity contribution in [3.05, 3.63) is 5.89 Å². The van der Waals surface area contributed by atoms with E-state index in [0.29, 0.717) is 23.2 Å². The molecule has 3 rings (SSSR count). The molecule has 0 unspecified atom stereocenters. The average molecular weight is 256 g/mol. The topological polar surface area (TPSA) is 42.2 Å². The molecule has 2 heterocycles. The van der Waals surface area contributed by atoms with Crippen molar-refractivity contribution in [1.29, 1.82) is 0 Å². The molecular weight excluding hydrogens is 238 g/mol. The van der Waals surface area contributed by atoms with E-state index in [-0.39, 0.29) is 0 Å². The Morgan fingerprint density at radius 2 is 1.82 bits per heavy atom. The zero-order valence-corrected chi connectivity index (χ0v) is 10.7. The fourth-order valence-corrected chi connectivity index (χ4v) is 3.33. The molecule has 2 aliphatic rings. The molecule has 0 amide bonds. The third-order valence-corrected chi connectivity index (χ3v) is 4.56. The van der Waals surface area contributed by atoms with Gasteiger partial charge in [0.25, 0.3) is 0 Å². The zero-order chi connectivity index (χ0) is 11.7. The normalized spacial score (nSPS) is 23.5. The van der Waals surface area contributed by atoms with Crippen molar-refractivity contribution in [2.75, 3.05) is 18.0 Å². The quantitative estimate of drug-likeness (QED) is 0.762. The third-order valence-electron chi connectivity index (χ3n) is 4.33. The second-order valence-corrected chi connectivity index (χ2v) is 5.57. The summed E-state index contributed by atoms with van der Waals surface area (Å²) in [4.78, 5) is 2.20. The Labute approximate surface area is 106 Å². The van der Waals surface area contributed by atoms with Crippen molar-refractivity contribution in [3.8, 4) is 0 Å². The molecule has 5 heteroatoms. The van der Waals surface area contributed by atoms with Gasteiger partial charge in [-0.15, -0.1) is 16.7 Å². The fraction of sp³-hybridized carbons (Fsp3) is 0.833. The van der Waals surface area contributed by atoms with E-state index < -0.39 is 0 Å². The molecule has 1 aliphatic carbocycles. The molecule has 94 valence electrons. The molecule has 1 spiro atoms. The first-order chi connectivity index (χ1) is 8.31. The number of hydrogen-bond donors (Lipinski definition) is 0. The van der Waals surface area contributed by atoms with E-state index in [0.717, 1.165) is 13.1 Å². The van der Waals surface area contributed by atoms with Crippen LogP contribution in [0.4, 0.5) is 6.01 Å². The summed E-state index contributed by atoms with van der Waals surface area (Å²) in [5, 5.41) is 7.96.